The van der Waals surface area contributed by atoms with Gasteiger partial charge in [0.05, 0.1) is 5.56 Å². The maximum absolute atomic E-state index is 13.2. The van der Waals surface area contributed by atoms with Gasteiger partial charge in [0.15, 0.2) is 11.6 Å². The van der Waals surface area contributed by atoms with Gasteiger partial charge < -0.3 is 4.74 Å². The van der Waals surface area contributed by atoms with Crippen LogP contribution in [0.3, 0.4) is 0 Å². The van der Waals surface area contributed by atoms with Gasteiger partial charge in [0.1, 0.15) is 18.2 Å². The van der Waals surface area contributed by atoms with Crippen LogP contribution in [0.25, 0.3) is 0 Å². The van der Waals surface area contributed by atoms with Crippen molar-refractivity contribution in [1.29, 1.82) is 0 Å². The van der Waals surface area contributed by atoms with Crippen molar-refractivity contribution in [2.75, 3.05) is 0 Å². The Morgan fingerprint density at radius 3 is 2.85 bits per heavy atom. The molecule has 0 atom stereocenters. The molecule has 0 aliphatic rings. The number of alkyl halides is 2. The van der Waals surface area contributed by atoms with Gasteiger partial charge in [-0.3, -0.25) is 9.36 Å². The molecule has 0 spiro atoms. The SMILES string of the molecule is CC(=O)c1ccc(F)cc1OCc1nccn1C(F)F. The number of carbonyl (C=O) groups excluding carboxylic acids is 1. The second-order valence-corrected chi connectivity index (χ2v) is 4.01. The minimum absolute atomic E-state index is 0.00122. The highest BCUT2D eigenvalue weighted by Gasteiger charge is 2.14. The fourth-order valence-corrected chi connectivity index (χ4v) is 1.68. The average Bonchev–Trinajstić information content (AvgIpc) is 2.84. The summed E-state index contributed by atoms with van der Waals surface area (Å²) in [7, 11) is 0. The van der Waals surface area contributed by atoms with Crippen LogP contribution in [0.2, 0.25) is 0 Å². The van der Waals surface area contributed by atoms with Crippen LogP contribution in [0.1, 0.15) is 29.7 Å². The molecule has 1 heterocycles. The number of halogens is 3. The Labute approximate surface area is 112 Å². The van der Waals surface area contributed by atoms with E-state index in [9.17, 15) is 18.0 Å². The average molecular weight is 284 g/mol. The number of benzene rings is 1. The first-order chi connectivity index (χ1) is 9.49. The quantitative estimate of drug-likeness (QED) is 0.792. The summed E-state index contributed by atoms with van der Waals surface area (Å²) in [5.41, 5.74) is 0.182. The maximum Gasteiger partial charge on any atom is 0.320 e. The van der Waals surface area contributed by atoms with Crippen LogP contribution in [0, 0.1) is 5.82 Å². The molecule has 20 heavy (non-hydrogen) atoms. The van der Waals surface area contributed by atoms with Crippen LogP contribution >= 0.6 is 0 Å². The highest BCUT2D eigenvalue weighted by Crippen LogP contribution is 2.22. The lowest BCUT2D eigenvalue weighted by Crippen LogP contribution is -2.09. The minimum atomic E-state index is -2.74. The van der Waals surface area contributed by atoms with Crippen molar-refractivity contribution >= 4 is 5.78 Å². The van der Waals surface area contributed by atoms with E-state index in [4.69, 9.17) is 4.74 Å². The standard InChI is InChI=1S/C13H11F3N2O2/c1-8(19)10-3-2-9(14)6-11(10)20-7-12-17-4-5-18(12)13(15)16/h2-6,13H,7H2,1H3. The summed E-state index contributed by atoms with van der Waals surface area (Å²) in [5.74, 6) is -0.903. The molecule has 7 heteroatoms. The Morgan fingerprint density at radius 1 is 1.45 bits per heavy atom. The molecule has 0 unspecified atom stereocenters. The van der Waals surface area contributed by atoms with Gasteiger partial charge in [-0.2, -0.15) is 8.78 Å². The van der Waals surface area contributed by atoms with E-state index in [1.165, 1.54) is 19.2 Å². The van der Waals surface area contributed by atoms with Gasteiger partial charge in [0, 0.05) is 18.5 Å². The number of ketones is 1. The molecule has 1 aromatic heterocycles. The number of hydrogen-bond donors (Lipinski definition) is 0. The van der Waals surface area contributed by atoms with Crippen LogP contribution in [0.4, 0.5) is 13.2 Å². The fourth-order valence-electron chi connectivity index (χ4n) is 1.68. The van der Waals surface area contributed by atoms with Crippen molar-refractivity contribution in [1.82, 2.24) is 9.55 Å². The number of nitrogens with zero attached hydrogens (tertiary/aromatic N) is 2. The lowest BCUT2D eigenvalue weighted by molar-refractivity contribution is 0.0631. The van der Waals surface area contributed by atoms with Gasteiger partial charge in [-0.15, -0.1) is 0 Å². The lowest BCUT2D eigenvalue weighted by Gasteiger charge is -2.11. The number of ether oxygens (including phenoxy) is 1. The first-order valence-electron chi connectivity index (χ1n) is 5.72. The van der Waals surface area contributed by atoms with Gasteiger partial charge in [0.2, 0.25) is 0 Å². The zero-order valence-electron chi connectivity index (χ0n) is 10.5. The van der Waals surface area contributed by atoms with Crippen LogP contribution in [0.5, 0.6) is 5.75 Å². The predicted octanol–water partition coefficient (Wildman–Crippen LogP) is 3.20. The third-order valence-electron chi connectivity index (χ3n) is 2.64. The van der Waals surface area contributed by atoms with Crippen molar-refractivity contribution in [2.24, 2.45) is 0 Å². The minimum Gasteiger partial charge on any atom is -0.485 e. The molecule has 0 radical (unpaired) electrons. The molecule has 4 nitrogen and oxygen atoms in total. The van der Waals surface area contributed by atoms with E-state index in [-0.39, 0.29) is 29.5 Å². The third-order valence-corrected chi connectivity index (χ3v) is 2.64. The van der Waals surface area contributed by atoms with Crippen LogP contribution < -0.4 is 4.74 Å². The maximum atomic E-state index is 13.2. The number of rotatable bonds is 5. The third kappa shape index (κ3) is 2.98. The van der Waals surface area contributed by atoms with E-state index in [2.05, 4.69) is 4.98 Å². The predicted molar refractivity (Wildman–Crippen MR) is 64.2 cm³/mol. The van der Waals surface area contributed by atoms with Gasteiger partial charge in [-0.25, -0.2) is 9.37 Å². The molecule has 0 N–H and O–H groups in total. The highest BCUT2D eigenvalue weighted by atomic mass is 19.3. The Balaban J connectivity index is 2.20. The van der Waals surface area contributed by atoms with E-state index >= 15 is 0 Å². The molecular weight excluding hydrogens is 273 g/mol. The van der Waals surface area contributed by atoms with Crippen molar-refractivity contribution in [3.63, 3.8) is 0 Å². The summed E-state index contributed by atoms with van der Waals surface area (Å²) in [6.45, 7) is -1.72. The molecule has 0 aliphatic carbocycles. The van der Waals surface area contributed by atoms with E-state index in [0.29, 0.717) is 4.57 Å². The number of Topliss-reactive ketones (excluding diaryl/α,β-unsaturated/α-hetero) is 1. The van der Waals surface area contributed by atoms with E-state index in [1.54, 1.807) is 0 Å². The summed E-state index contributed by atoms with van der Waals surface area (Å²) < 4.78 is 44.2. The summed E-state index contributed by atoms with van der Waals surface area (Å²) >= 11 is 0. The zero-order chi connectivity index (χ0) is 14.7. The van der Waals surface area contributed by atoms with E-state index < -0.39 is 12.4 Å². The van der Waals surface area contributed by atoms with Gasteiger partial charge in [-0.1, -0.05) is 0 Å². The molecule has 106 valence electrons. The highest BCUT2D eigenvalue weighted by molar-refractivity contribution is 5.96. The van der Waals surface area contributed by atoms with Gasteiger partial charge in [-0.05, 0) is 19.1 Å². The molecule has 0 fully saturated rings. The number of carbonyl (C=O) groups is 1. The summed E-state index contributed by atoms with van der Waals surface area (Å²) in [4.78, 5) is 15.1. The first-order valence-corrected chi connectivity index (χ1v) is 5.72. The summed E-state index contributed by atoms with van der Waals surface area (Å²) in [6, 6.07) is 3.45. The zero-order valence-corrected chi connectivity index (χ0v) is 10.5. The Morgan fingerprint density at radius 2 is 2.20 bits per heavy atom. The number of aromatic nitrogens is 2. The second-order valence-electron chi connectivity index (χ2n) is 4.01. The van der Waals surface area contributed by atoms with Gasteiger partial charge in [0.25, 0.3) is 0 Å². The number of hydrogen-bond acceptors (Lipinski definition) is 3. The second kappa shape index (κ2) is 5.77. The first kappa shape index (κ1) is 14.1. The molecule has 0 bridgehead atoms. The monoisotopic (exact) mass is 284 g/mol. The van der Waals surface area contributed by atoms with E-state index in [0.717, 1.165) is 18.3 Å². The smallest absolute Gasteiger partial charge is 0.320 e. The molecule has 2 aromatic rings. The molecular formula is C13H11F3N2O2. The summed E-state index contributed by atoms with van der Waals surface area (Å²) in [5, 5.41) is 0. The number of imidazole rings is 1. The molecule has 0 saturated carbocycles. The Kier molecular flexibility index (Phi) is 4.07. The normalized spacial score (nSPS) is 10.8. The van der Waals surface area contributed by atoms with Crippen LogP contribution in [-0.4, -0.2) is 15.3 Å². The molecule has 0 amide bonds. The molecule has 1 aromatic carbocycles. The van der Waals surface area contributed by atoms with Gasteiger partial charge >= 0.3 is 6.55 Å². The van der Waals surface area contributed by atoms with Crippen LogP contribution in [-0.2, 0) is 6.61 Å². The van der Waals surface area contributed by atoms with E-state index in [1.807, 2.05) is 0 Å². The Hall–Kier alpha value is -2.31. The van der Waals surface area contributed by atoms with Crippen molar-refractivity contribution < 1.29 is 22.7 Å². The Bertz CT molecular complexity index is 626. The van der Waals surface area contributed by atoms with Crippen molar-refractivity contribution in [3.8, 4) is 5.75 Å². The lowest BCUT2D eigenvalue weighted by atomic mass is 10.1. The fraction of sp³-hybridized carbons (Fsp3) is 0.231. The summed E-state index contributed by atoms with van der Waals surface area (Å²) in [6.07, 6.45) is 2.32. The molecule has 2 rings (SSSR count). The molecule has 0 saturated heterocycles. The molecule has 0 aliphatic heterocycles. The van der Waals surface area contributed by atoms with Crippen LogP contribution in [0.15, 0.2) is 30.6 Å². The van der Waals surface area contributed by atoms with Crippen molar-refractivity contribution in [3.05, 3.63) is 47.8 Å². The topological polar surface area (TPSA) is 44.1 Å². The van der Waals surface area contributed by atoms with Crippen molar-refractivity contribution in [2.45, 2.75) is 20.1 Å². The largest absolute Gasteiger partial charge is 0.485 e.